The fourth-order valence-corrected chi connectivity index (χ4v) is 2.46. The highest BCUT2D eigenvalue weighted by Gasteiger charge is 2.13. The van der Waals surface area contributed by atoms with Crippen LogP contribution in [-0.4, -0.2) is 14.1 Å². The van der Waals surface area contributed by atoms with Gasteiger partial charge in [-0.1, -0.05) is 24.8 Å². The molecule has 0 amide bonds. The summed E-state index contributed by atoms with van der Waals surface area (Å²) in [6.45, 7) is 5.74. The Morgan fingerprint density at radius 1 is 1.26 bits per heavy atom. The van der Waals surface area contributed by atoms with E-state index in [-0.39, 0.29) is 5.69 Å². The molecule has 23 heavy (non-hydrogen) atoms. The zero-order chi connectivity index (χ0) is 16.4. The number of nitrogens with zero attached hydrogens (tertiary/aromatic N) is 3. The highest BCUT2D eigenvalue weighted by atomic mass is 16.5. The van der Waals surface area contributed by atoms with E-state index in [0.29, 0.717) is 11.4 Å². The van der Waals surface area contributed by atoms with Gasteiger partial charge in [0.25, 0.3) is 0 Å². The van der Waals surface area contributed by atoms with Gasteiger partial charge >= 0.3 is 5.69 Å². The van der Waals surface area contributed by atoms with Crippen LogP contribution < -0.4 is 5.69 Å². The molecule has 116 valence electrons. The minimum Gasteiger partial charge on any atom is -0.465 e. The van der Waals surface area contributed by atoms with Crippen LogP contribution in [-0.2, 0) is 11.8 Å². The molecule has 2 aromatic heterocycles. The number of allylic oxidation sites excluding steroid dienone is 1. The molecule has 0 N–H and O–H groups in total. The summed E-state index contributed by atoms with van der Waals surface area (Å²) >= 11 is 0. The summed E-state index contributed by atoms with van der Waals surface area (Å²) in [5, 5.41) is 0. The number of ether oxygens (including phenoxy) is 1. The van der Waals surface area contributed by atoms with Gasteiger partial charge in [0.05, 0.1) is 29.2 Å². The van der Waals surface area contributed by atoms with Crippen LogP contribution in [0.15, 0.2) is 66.4 Å². The SMILES string of the molecule is C=C(O/C=C\C)c1cncc(-n2c(=O)n(C)c3ccccc32)c1. The lowest BCUT2D eigenvalue weighted by Gasteiger charge is -2.07. The van der Waals surface area contributed by atoms with Crippen molar-refractivity contribution in [3.63, 3.8) is 0 Å². The van der Waals surface area contributed by atoms with E-state index in [1.807, 2.05) is 37.3 Å². The molecule has 0 saturated carbocycles. The van der Waals surface area contributed by atoms with Gasteiger partial charge in [-0.3, -0.25) is 14.1 Å². The van der Waals surface area contributed by atoms with Gasteiger partial charge in [-0.2, -0.15) is 0 Å². The highest BCUT2D eigenvalue weighted by molar-refractivity contribution is 5.78. The van der Waals surface area contributed by atoms with E-state index in [0.717, 1.165) is 16.6 Å². The topological polar surface area (TPSA) is 49.1 Å². The first-order chi connectivity index (χ1) is 11.1. The second-order valence-corrected chi connectivity index (χ2v) is 5.11. The van der Waals surface area contributed by atoms with Crippen LogP contribution in [0.1, 0.15) is 12.5 Å². The third-order valence-corrected chi connectivity index (χ3v) is 3.61. The first-order valence-electron chi connectivity index (χ1n) is 7.22. The molecule has 5 nitrogen and oxygen atoms in total. The van der Waals surface area contributed by atoms with E-state index in [9.17, 15) is 4.79 Å². The maximum Gasteiger partial charge on any atom is 0.333 e. The van der Waals surface area contributed by atoms with Crippen molar-refractivity contribution in [1.29, 1.82) is 0 Å². The molecule has 1 aromatic carbocycles. The van der Waals surface area contributed by atoms with E-state index >= 15 is 0 Å². The van der Waals surface area contributed by atoms with Crippen LogP contribution in [0.2, 0.25) is 0 Å². The number of pyridine rings is 1. The fourth-order valence-electron chi connectivity index (χ4n) is 2.46. The number of aryl methyl sites for hydroxylation is 1. The Kier molecular flexibility index (Phi) is 3.85. The molecule has 0 bridgehead atoms. The Morgan fingerprint density at radius 3 is 2.74 bits per heavy atom. The number of hydrogen-bond donors (Lipinski definition) is 0. The Hall–Kier alpha value is -3.08. The molecule has 0 aliphatic heterocycles. The van der Waals surface area contributed by atoms with E-state index in [1.54, 1.807) is 40.9 Å². The van der Waals surface area contributed by atoms with Gasteiger partial charge in [0.15, 0.2) is 0 Å². The number of imidazole rings is 1. The molecule has 0 saturated heterocycles. The molecule has 0 unspecified atom stereocenters. The minimum atomic E-state index is -0.120. The molecule has 0 aliphatic rings. The van der Waals surface area contributed by atoms with Crippen LogP contribution in [0, 0.1) is 0 Å². The lowest BCUT2D eigenvalue weighted by atomic mass is 10.2. The molecule has 0 aliphatic carbocycles. The first-order valence-corrected chi connectivity index (χ1v) is 7.22. The maximum atomic E-state index is 12.6. The van der Waals surface area contributed by atoms with Crippen LogP contribution in [0.5, 0.6) is 0 Å². The van der Waals surface area contributed by atoms with Crippen molar-refractivity contribution in [3.8, 4) is 5.69 Å². The molecular formula is C18H17N3O2. The molecular weight excluding hydrogens is 290 g/mol. The Labute approximate surface area is 133 Å². The predicted octanol–water partition coefficient (Wildman–Crippen LogP) is 3.25. The number of fused-ring (bicyclic) bond motifs is 1. The van der Waals surface area contributed by atoms with Crippen molar-refractivity contribution in [2.75, 3.05) is 0 Å². The zero-order valence-corrected chi connectivity index (χ0v) is 13.1. The third-order valence-electron chi connectivity index (χ3n) is 3.61. The predicted molar refractivity (Wildman–Crippen MR) is 91.2 cm³/mol. The zero-order valence-electron chi connectivity index (χ0n) is 13.1. The molecule has 3 rings (SSSR count). The second kappa shape index (κ2) is 5.96. The van der Waals surface area contributed by atoms with E-state index in [1.165, 1.54) is 0 Å². The van der Waals surface area contributed by atoms with Crippen molar-refractivity contribution >= 4 is 16.8 Å². The van der Waals surface area contributed by atoms with Crippen molar-refractivity contribution < 1.29 is 4.74 Å². The first kappa shape index (κ1) is 14.8. The normalized spacial score (nSPS) is 11.2. The quantitative estimate of drug-likeness (QED) is 0.695. The molecule has 0 fully saturated rings. The minimum absolute atomic E-state index is 0.120. The summed E-state index contributed by atoms with van der Waals surface area (Å²) in [5.74, 6) is 0.478. The number of aromatic nitrogens is 3. The average Bonchev–Trinajstić information content (AvgIpc) is 2.84. The number of benzene rings is 1. The van der Waals surface area contributed by atoms with E-state index < -0.39 is 0 Å². The number of rotatable bonds is 4. The van der Waals surface area contributed by atoms with Crippen molar-refractivity contribution in [2.24, 2.45) is 7.05 Å². The Bertz CT molecular complexity index is 964. The summed E-state index contributed by atoms with van der Waals surface area (Å²) in [5.41, 5.74) is 2.98. The molecule has 2 heterocycles. The monoisotopic (exact) mass is 307 g/mol. The van der Waals surface area contributed by atoms with Crippen molar-refractivity contribution in [1.82, 2.24) is 14.1 Å². The number of para-hydroxylation sites is 2. The Balaban J connectivity index is 2.15. The van der Waals surface area contributed by atoms with Gasteiger partial charge < -0.3 is 4.74 Å². The van der Waals surface area contributed by atoms with Gasteiger partial charge in [-0.15, -0.1) is 0 Å². The molecule has 0 radical (unpaired) electrons. The van der Waals surface area contributed by atoms with Crippen LogP contribution in [0.3, 0.4) is 0 Å². The van der Waals surface area contributed by atoms with Gasteiger partial charge in [-0.05, 0) is 25.1 Å². The molecule has 5 heteroatoms. The average molecular weight is 307 g/mol. The molecule has 0 spiro atoms. The second-order valence-electron chi connectivity index (χ2n) is 5.11. The van der Waals surface area contributed by atoms with Gasteiger partial charge in [0, 0.05) is 18.8 Å². The summed E-state index contributed by atoms with van der Waals surface area (Å²) in [6.07, 6.45) is 6.64. The van der Waals surface area contributed by atoms with Gasteiger partial charge in [-0.25, -0.2) is 4.79 Å². The maximum absolute atomic E-state index is 12.6. The summed E-state index contributed by atoms with van der Waals surface area (Å²) < 4.78 is 8.64. The van der Waals surface area contributed by atoms with Crippen molar-refractivity contribution in [3.05, 3.63) is 77.7 Å². The van der Waals surface area contributed by atoms with Gasteiger partial charge in [0.1, 0.15) is 5.76 Å². The molecule has 0 atom stereocenters. The van der Waals surface area contributed by atoms with E-state index in [4.69, 9.17) is 4.74 Å². The van der Waals surface area contributed by atoms with Crippen LogP contribution >= 0.6 is 0 Å². The Morgan fingerprint density at radius 2 is 2.00 bits per heavy atom. The highest BCUT2D eigenvalue weighted by Crippen LogP contribution is 2.20. The van der Waals surface area contributed by atoms with Gasteiger partial charge in [0.2, 0.25) is 0 Å². The lowest BCUT2D eigenvalue weighted by Crippen LogP contribution is -2.21. The van der Waals surface area contributed by atoms with Crippen LogP contribution in [0.25, 0.3) is 22.5 Å². The fraction of sp³-hybridized carbons (Fsp3) is 0.111. The van der Waals surface area contributed by atoms with Crippen molar-refractivity contribution in [2.45, 2.75) is 6.92 Å². The summed E-state index contributed by atoms with van der Waals surface area (Å²) in [7, 11) is 1.76. The number of hydrogen-bond acceptors (Lipinski definition) is 3. The largest absolute Gasteiger partial charge is 0.465 e. The lowest BCUT2D eigenvalue weighted by molar-refractivity contribution is 0.437. The summed E-state index contributed by atoms with van der Waals surface area (Å²) in [6, 6.07) is 9.48. The molecule has 3 aromatic rings. The summed E-state index contributed by atoms with van der Waals surface area (Å²) in [4.78, 5) is 16.8. The third kappa shape index (κ3) is 2.57. The van der Waals surface area contributed by atoms with E-state index in [2.05, 4.69) is 11.6 Å². The van der Waals surface area contributed by atoms with Crippen LogP contribution in [0.4, 0.5) is 0 Å². The standard InChI is InChI=1S/C18H17N3O2/c1-4-9-23-13(2)14-10-15(12-19-11-14)21-17-8-6-5-7-16(17)20(3)18(21)22/h4-12H,2H2,1,3H3/b9-4-. The smallest absolute Gasteiger partial charge is 0.333 e.